The molecule has 0 aliphatic heterocycles. The van der Waals surface area contributed by atoms with Gasteiger partial charge in [-0.05, 0) is 13.0 Å². The Morgan fingerprint density at radius 1 is 1.50 bits per heavy atom. The summed E-state index contributed by atoms with van der Waals surface area (Å²) in [5, 5.41) is 0. The Morgan fingerprint density at radius 3 is 2.72 bits per heavy atom. The Morgan fingerprint density at radius 2 is 2.17 bits per heavy atom. The van der Waals surface area contributed by atoms with Gasteiger partial charge in [0.05, 0.1) is 30.6 Å². The van der Waals surface area contributed by atoms with Crippen molar-refractivity contribution in [2.75, 3.05) is 30.8 Å². The van der Waals surface area contributed by atoms with Crippen LogP contribution >= 0.6 is 0 Å². The van der Waals surface area contributed by atoms with Crippen molar-refractivity contribution >= 4 is 23.4 Å². The van der Waals surface area contributed by atoms with E-state index in [2.05, 4.69) is 4.98 Å². The average Bonchev–Trinajstić information content (AvgIpc) is 2.28. The molecule has 0 aliphatic carbocycles. The number of nitrogens with zero attached hydrogens (tertiary/aromatic N) is 2. The maximum absolute atomic E-state index is 11.6. The number of hydrogen-bond acceptors (Lipinski definition) is 6. The van der Waals surface area contributed by atoms with E-state index >= 15 is 0 Å². The van der Waals surface area contributed by atoms with Crippen LogP contribution in [-0.4, -0.2) is 37.1 Å². The van der Waals surface area contributed by atoms with Gasteiger partial charge in [0.1, 0.15) is 5.82 Å². The predicted octanol–water partition coefficient (Wildman–Crippen LogP) is -0.238. The van der Waals surface area contributed by atoms with Crippen molar-refractivity contribution in [3.05, 3.63) is 17.8 Å². The van der Waals surface area contributed by atoms with Gasteiger partial charge in [-0.15, -0.1) is 0 Å². The van der Waals surface area contributed by atoms with Crippen LogP contribution in [0.3, 0.4) is 0 Å². The van der Waals surface area contributed by atoms with Gasteiger partial charge in [0, 0.05) is 7.05 Å². The van der Waals surface area contributed by atoms with Gasteiger partial charge in [0.25, 0.3) is 0 Å². The summed E-state index contributed by atoms with van der Waals surface area (Å²) in [6.45, 7) is 1.96. The van der Waals surface area contributed by atoms with Crippen LogP contribution in [0.2, 0.25) is 0 Å². The van der Waals surface area contributed by atoms with Crippen molar-refractivity contribution in [2.24, 2.45) is 5.73 Å². The maximum atomic E-state index is 11.6. The lowest BCUT2D eigenvalue weighted by molar-refractivity contribution is -0.116. The van der Waals surface area contributed by atoms with Gasteiger partial charge in [-0.3, -0.25) is 4.79 Å². The van der Waals surface area contributed by atoms with Crippen molar-refractivity contribution in [2.45, 2.75) is 6.92 Å². The minimum Gasteiger partial charge on any atom is -0.462 e. The molecule has 0 saturated carbocycles. The smallest absolute Gasteiger partial charge is 0.340 e. The Kier molecular flexibility index (Phi) is 4.47. The average molecular weight is 252 g/mol. The standard InChI is InChI=1S/C11H16N4O3/c1-3-18-11(17)7-4-10(14-5-8(7)12)15(2)6-9(13)16/h4-5H,3,6,12H2,1-2H3,(H2,13,16). The number of nitrogen functional groups attached to an aromatic ring is 1. The molecule has 0 bridgehead atoms. The van der Waals surface area contributed by atoms with E-state index in [-0.39, 0.29) is 24.4 Å². The number of nitrogens with two attached hydrogens (primary N) is 2. The van der Waals surface area contributed by atoms with Crippen LogP contribution in [0.25, 0.3) is 0 Å². The molecule has 7 nitrogen and oxygen atoms in total. The summed E-state index contributed by atoms with van der Waals surface area (Å²) in [5.41, 5.74) is 11.2. The molecule has 0 fully saturated rings. The van der Waals surface area contributed by atoms with E-state index in [9.17, 15) is 9.59 Å². The second-order valence-electron chi connectivity index (χ2n) is 3.67. The summed E-state index contributed by atoms with van der Waals surface area (Å²) < 4.78 is 4.87. The molecule has 0 atom stereocenters. The highest BCUT2D eigenvalue weighted by atomic mass is 16.5. The quantitative estimate of drug-likeness (QED) is 0.700. The van der Waals surface area contributed by atoms with Crippen molar-refractivity contribution in [1.82, 2.24) is 4.98 Å². The second-order valence-corrected chi connectivity index (χ2v) is 3.67. The van der Waals surface area contributed by atoms with Gasteiger partial charge >= 0.3 is 5.97 Å². The van der Waals surface area contributed by atoms with E-state index in [1.807, 2.05) is 0 Å². The fraction of sp³-hybridized carbons (Fsp3) is 0.364. The molecule has 1 heterocycles. The lowest BCUT2D eigenvalue weighted by Gasteiger charge is -2.17. The molecule has 4 N–H and O–H groups in total. The zero-order valence-corrected chi connectivity index (χ0v) is 10.3. The molecule has 18 heavy (non-hydrogen) atoms. The monoisotopic (exact) mass is 252 g/mol. The van der Waals surface area contributed by atoms with Crippen LogP contribution in [0.1, 0.15) is 17.3 Å². The third-order valence-corrected chi connectivity index (χ3v) is 2.20. The molecule has 7 heteroatoms. The lowest BCUT2D eigenvalue weighted by Crippen LogP contribution is -2.31. The van der Waals surface area contributed by atoms with Gasteiger partial charge in [-0.25, -0.2) is 9.78 Å². The Bertz CT molecular complexity index is 462. The van der Waals surface area contributed by atoms with E-state index in [1.54, 1.807) is 14.0 Å². The van der Waals surface area contributed by atoms with E-state index in [0.717, 1.165) is 0 Å². The van der Waals surface area contributed by atoms with Gasteiger partial charge in [-0.1, -0.05) is 0 Å². The van der Waals surface area contributed by atoms with Crippen LogP contribution in [0.5, 0.6) is 0 Å². The summed E-state index contributed by atoms with van der Waals surface area (Å²) in [5.74, 6) is -0.592. The highest BCUT2D eigenvalue weighted by molar-refractivity contribution is 5.95. The summed E-state index contributed by atoms with van der Waals surface area (Å²) in [7, 11) is 1.64. The number of primary amides is 1. The number of pyridine rings is 1. The fourth-order valence-electron chi connectivity index (χ4n) is 1.36. The van der Waals surface area contributed by atoms with Crippen molar-refractivity contribution in [3.8, 4) is 0 Å². The molecule has 0 aromatic carbocycles. The Labute approximate surface area is 105 Å². The molecule has 0 aliphatic rings. The minimum absolute atomic E-state index is 0.000810. The number of hydrogen-bond donors (Lipinski definition) is 2. The minimum atomic E-state index is -0.522. The first kappa shape index (κ1) is 13.8. The van der Waals surface area contributed by atoms with Crippen LogP contribution in [-0.2, 0) is 9.53 Å². The number of likely N-dealkylation sites (N-methyl/N-ethyl adjacent to an activating group) is 1. The number of amides is 1. The van der Waals surface area contributed by atoms with Crippen LogP contribution in [0, 0.1) is 0 Å². The molecular formula is C11H16N4O3. The lowest BCUT2D eigenvalue weighted by atomic mass is 10.2. The number of anilines is 2. The highest BCUT2D eigenvalue weighted by Gasteiger charge is 2.14. The molecule has 98 valence electrons. The van der Waals surface area contributed by atoms with E-state index in [4.69, 9.17) is 16.2 Å². The van der Waals surface area contributed by atoms with E-state index < -0.39 is 11.9 Å². The Hall–Kier alpha value is -2.31. The van der Waals surface area contributed by atoms with Crippen LogP contribution in [0.4, 0.5) is 11.5 Å². The first-order chi connectivity index (χ1) is 8.45. The zero-order chi connectivity index (χ0) is 13.7. The number of ether oxygens (including phenoxy) is 1. The number of carbonyl (C=O) groups excluding carboxylic acids is 2. The highest BCUT2D eigenvalue weighted by Crippen LogP contribution is 2.18. The normalized spacial score (nSPS) is 9.89. The van der Waals surface area contributed by atoms with E-state index in [1.165, 1.54) is 17.2 Å². The third kappa shape index (κ3) is 3.34. The first-order valence-electron chi connectivity index (χ1n) is 5.37. The molecule has 1 aromatic rings. The molecular weight excluding hydrogens is 236 g/mol. The van der Waals surface area contributed by atoms with Crippen molar-refractivity contribution in [3.63, 3.8) is 0 Å². The van der Waals surface area contributed by atoms with Gasteiger partial charge in [0.15, 0.2) is 0 Å². The molecule has 0 spiro atoms. The third-order valence-electron chi connectivity index (χ3n) is 2.20. The van der Waals surface area contributed by atoms with Gasteiger partial charge in [0.2, 0.25) is 5.91 Å². The van der Waals surface area contributed by atoms with Gasteiger partial charge in [-0.2, -0.15) is 0 Å². The van der Waals surface area contributed by atoms with Crippen molar-refractivity contribution in [1.29, 1.82) is 0 Å². The summed E-state index contributed by atoms with van der Waals surface area (Å²) in [4.78, 5) is 28.0. The largest absolute Gasteiger partial charge is 0.462 e. The molecule has 0 unspecified atom stereocenters. The predicted molar refractivity (Wildman–Crippen MR) is 67.1 cm³/mol. The maximum Gasteiger partial charge on any atom is 0.340 e. The summed E-state index contributed by atoms with van der Waals surface area (Å²) >= 11 is 0. The number of esters is 1. The number of aromatic nitrogens is 1. The molecule has 1 aromatic heterocycles. The molecule has 0 saturated heterocycles. The summed E-state index contributed by atoms with van der Waals surface area (Å²) in [6.07, 6.45) is 1.35. The van der Waals surface area contributed by atoms with Crippen LogP contribution < -0.4 is 16.4 Å². The summed E-state index contributed by atoms with van der Waals surface area (Å²) in [6, 6.07) is 1.47. The number of carbonyl (C=O) groups is 2. The first-order valence-corrected chi connectivity index (χ1v) is 5.37. The molecule has 1 amide bonds. The van der Waals surface area contributed by atoms with E-state index in [0.29, 0.717) is 5.82 Å². The SMILES string of the molecule is CCOC(=O)c1cc(N(C)CC(N)=O)ncc1N. The van der Waals surface area contributed by atoms with Crippen molar-refractivity contribution < 1.29 is 14.3 Å². The van der Waals surface area contributed by atoms with Gasteiger partial charge < -0.3 is 21.1 Å². The second kappa shape index (κ2) is 5.85. The molecule has 0 radical (unpaired) electrons. The topological polar surface area (TPSA) is 112 Å². The molecule has 1 rings (SSSR count). The van der Waals surface area contributed by atoms with Crippen LogP contribution in [0.15, 0.2) is 12.3 Å². The number of rotatable bonds is 5. The zero-order valence-electron chi connectivity index (χ0n) is 10.3. The Balaban J connectivity index is 2.99. The fourth-order valence-corrected chi connectivity index (χ4v) is 1.36.